The van der Waals surface area contributed by atoms with E-state index in [9.17, 15) is 0 Å². The van der Waals surface area contributed by atoms with Crippen LogP contribution in [0.3, 0.4) is 0 Å². The Balaban J connectivity index is 1.90. The third kappa shape index (κ3) is 2.69. The number of hydrogen-bond donors (Lipinski definition) is 1. The molecule has 0 aliphatic rings. The molecule has 0 aliphatic carbocycles. The van der Waals surface area contributed by atoms with Crippen LogP contribution in [0.25, 0.3) is 10.2 Å². The summed E-state index contributed by atoms with van der Waals surface area (Å²) in [6.45, 7) is 2.62. The highest BCUT2D eigenvalue weighted by atomic mass is 35.5. The van der Waals surface area contributed by atoms with Gasteiger partial charge in [0.05, 0.1) is 12.0 Å². The van der Waals surface area contributed by atoms with Crippen molar-refractivity contribution < 1.29 is 4.74 Å². The first-order valence-electron chi connectivity index (χ1n) is 6.17. The van der Waals surface area contributed by atoms with Gasteiger partial charge in [0, 0.05) is 5.69 Å². The molecule has 0 radical (unpaired) electrons. The zero-order chi connectivity index (χ0) is 13.9. The zero-order valence-corrected chi connectivity index (χ0v) is 12.3. The third-order valence-electron chi connectivity index (χ3n) is 2.73. The number of anilines is 2. The van der Waals surface area contributed by atoms with E-state index in [1.807, 2.05) is 42.6 Å². The summed E-state index contributed by atoms with van der Waals surface area (Å²) in [7, 11) is 0. The van der Waals surface area contributed by atoms with Gasteiger partial charge in [-0.1, -0.05) is 0 Å². The normalized spacial score (nSPS) is 10.7. The number of rotatable bonds is 4. The predicted octanol–water partition coefficient (Wildman–Crippen LogP) is 4.49. The van der Waals surface area contributed by atoms with Gasteiger partial charge in [-0.25, -0.2) is 4.98 Å². The molecular weight excluding hydrogens is 294 g/mol. The van der Waals surface area contributed by atoms with Gasteiger partial charge in [-0.05, 0) is 54.2 Å². The summed E-state index contributed by atoms with van der Waals surface area (Å²) >= 11 is 7.48. The molecule has 1 aromatic carbocycles. The summed E-state index contributed by atoms with van der Waals surface area (Å²) in [6, 6.07) is 9.70. The van der Waals surface area contributed by atoms with Crippen LogP contribution in [0.5, 0.6) is 5.75 Å². The van der Waals surface area contributed by atoms with Gasteiger partial charge in [0.15, 0.2) is 0 Å². The second-order valence-electron chi connectivity index (χ2n) is 4.06. The van der Waals surface area contributed by atoms with Crippen LogP contribution in [0.15, 0.2) is 35.7 Å². The van der Waals surface area contributed by atoms with E-state index in [4.69, 9.17) is 16.3 Å². The first-order chi connectivity index (χ1) is 9.76. The molecule has 0 aliphatic heterocycles. The lowest BCUT2D eigenvalue weighted by Gasteiger charge is -2.08. The molecule has 2 heterocycles. The number of nitrogens with one attached hydrogen (secondary N) is 1. The van der Waals surface area contributed by atoms with Crippen LogP contribution in [0.2, 0.25) is 5.28 Å². The van der Waals surface area contributed by atoms with Crippen molar-refractivity contribution in [2.45, 2.75) is 6.92 Å². The van der Waals surface area contributed by atoms with Gasteiger partial charge in [-0.15, -0.1) is 11.3 Å². The molecule has 0 saturated carbocycles. The Bertz CT molecular complexity index is 727. The van der Waals surface area contributed by atoms with Crippen LogP contribution in [0, 0.1) is 0 Å². The fourth-order valence-electron chi connectivity index (χ4n) is 1.86. The van der Waals surface area contributed by atoms with Crippen molar-refractivity contribution >= 4 is 44.7 Å². The fourth-order valence-corrected chi connectivity index (χ4v) is 2.85. The minimum absolute atomic E-state index is 0.244. The molecule has 0 spiro atoms. The summed E-state index contributed by atoms with van der Waals surface area (Å²) in [5.41, 5.74) is 0.927. The number of halogens is 1. The molecule has 3 rings (SSSR count). The molecule has 6 heteroatoms. The lowest BCUT2D eigenvalue weighted by Crippen LogP contribution is -1.96. The molecule has 102 valence electrons. The Morgan fingerprint density at radius 3 is 2.75 bits per heavy atom. The van der Waals surface area contributed by atoms with Crippen molar-refractivity contribution in [1.82, 2.24) is 9.97 Å². The summed E-state index contributed by atoms with van der Waals surface area (Å²) in [5, 5.41) is 6.44. The molecule has 0 bridgehead atoms. The molecule has 0 amide bonds. The summed E-state index contributed by atoms with van der Waals surface area (Å²) in [4.78, 5) is 9.31. The standard InChI is InChI=1S/C14H12ClN3OS/c1-2-19-10-5-3-9(4-6-10)16-12-11-7-8-20-13(11)18-14(15)17-12/h3-8H,2H2,1H3,(H,16,17,18). The van der Waals surface area contributed by atoms with Crippen molar-refractivity contribution in [2.75, 3.05) is 11.9 Å². The molecule has 0 unspecified atom stereocenters. The maximum Gasteiger partial charge on any atom is 0.225 e. The van der Waals surface area contributed by atoms with Crippen molar-refractivity contribution in [3.05, 3.63) is 41.0 Å². The van der Waals surface area contributed by atoms with Gasteiger partial charge in [0.25, 0.3) is 0 Å². The molecule has 3 aromatic rings. The highest BCUT2D eigenvalue weighted by Gasteiger charge is 2.08. The van der Waals surface area contributed by atoms with Gasteiger partial charge < -0.3 is 10.1 Å². The van der Waals surface area contributed by atoms with Gasteiger partial charge in [0.2, 0.25) is 5.28 Å². The maximum atomic E-state index is 5.94. The minimum atomic E-state index is 0.244. The molecule has 0 atom stereocenters. The van der Waals surface area contributed by atoms with E-state index in [2.05, 4.69) is 15.3 Å². The summed E-state index contributed by atoms with van der Waals surface area (Å²) < 4.78 is 5.42. The second kappa shape index (κ2) is 5.64. The topological polar surface area (TPSA) is 47.0 Å². The van der Waals surface area contributed by atoms with Gasteiger partial charge in [0.1, 0.15) is 16.4 Å². The SMILES string of the molecule is CCOc1ccc(Nc2nc(Cl)nc3sccc23)cc1. The van der Waals surface area contributed by atoms with Crippen LogP contribution in [0.1, 0.15) is 6.92 Å². The molecule has 2 aromatic heterocycles. The number of thiophene rings is 1. The van der Waals surface area contributed by atoms with Crippen LogP contribution in [-0.2, 0) is 0 Å². The predicted molar refractivity (Wildman–Crippen MR) is 83.3 cm³/mol. The number of hydrogen-bond acceptors (Lipinski definition) is 5. The average Bonchev–Trinajstić information content (AvgIpc) is 2.89. The first-order valence-corrected chi connectivity index (χ1v) is 7.42. The lowest BCUT2D eigenvalue weighted by molar-refractivity contribution is 0.340. The number of nitrogens with zero attached hydrogens (tertiary/aromatic N) is 2. The Labute approximate surface area is 125 Å². The van der Waals surface area contributed by atoms with Crippen LogP contribution >= 0.6 is 22.9 Å². The Morgan fingerprint density at radius 1 is 1.20 bits per heavy atom. The second-order valence-corrected chi connectivity index (χ2v) is 5.30. The molecule has 0 saturated heterocycles. The summed E-state index contributed by atoms with van der Waals surface area (Å²) in [6.07, 6.45) is 0. The molecule has 4 nitrogen and oxygen atoms in total. The highest BCUT2D eigenvalue weighted by Crippen LogP contribution is 2.29. The van der Waals surface area contributed by atoms with Crippen molar-refractivity contribution in [1.29, 1.82) is 0 Å². The van der Waals surface area contributed by atoms with Gasteiger partial charge in [-0.3, -0.25) is 0 Å². The van der Waals surface area contributed by atoms with Crippen molar-refractivity contribution in [2.24, 2.45) is 0 Å². The van der Waals surface area contributed by atoms with Crippen LogP contribution in [-0.4, -0.2) is 16.6 Å². The van der Waals surface area contributed by atoms with Gasteiger partial charge >= 0.3 is 0 Å². The van der Waals surface area contributed by atoms with Gasteiger partial charge in [-0.2, -0.15) is 4.98 Å². The number of benzene rings is 1. The van der Waals surface area contributed by atoms with E-state index in [1.165, 1.54) is 11.3 Å². The highest BCUT2D eigenvalue weighted by molar-refractivity contribution is 7.16. The molecular formula is C14H12ClN3OS. The van der Waals surface area contributed by atoms with Crippen molar-refractivity contribution in [3.8, 4) is 5.75 Å². The number of aromatic nitrogens is 2. The van der Waals surface area contributed by atoms with Crippen LogP contribution in [0.4, 0.5) is 11.5 Å². The third-order valence-corrected chi connectivity index (χ3v) is 3.70. The monoisotopic (exact) mass is 305 g/mol. The smallest absolute Gasteiger partial charge is 0.225 e. The fraction of sp³-hybridized carbons (Fsp3) is 0.143. The lowest BCUT2D eigenvalue weighted by atomic mass is 10.3. The molecule has 1 N–H and O–H groups in total. The minimum Gasteiger partial charge on any atom is -0.494 e. The van der Waals surface area contributed by atoms with E-state index >= 15 is 0 Å². The van der Waals surface area contributed by atoms with E-state index in [-0.39, 0.29) is 5.28 Å². The van der Waals surface area contributed by atoms with E-state index in [1.54, 1.807) is 0 Å². The number of fused-ring (bicyclic) bond motifs is 1. The maximum absolute atomic E-state index is 5.94. The van der Waals surface area contributed by atoms with Crippen molar-refractivity contribution in [3.63, 3.8) is 0 Å². The van der Waals surface area contributed by atoms with E-state index in [0.29, 0.717) is 12.4 Å². The quantitative estimate of drug-likeness (QED) is 0.722. The average molecular weight is 306 g/mol. The Morgan fingerprint density at radius 2 is 2.00 bits per heavy atom. The largest absolute Gasteiger partial charge is 0.494 e. The van der Waals surface area contributed by atoms with E-state index < -0.39 is 0 Å². The zero-order valence-electron chi connectivity index (χ0n) is 10.8. The first kappa shape index (κ1) is 13.1. The van der Waals surface area contributed by atoms with E-state index in [0.717, 1.165) is 21.7 Å². The Kier molecular flexibility index (Phi) is 3.71. The summed E-state index contributed by atoms with van der Waals surface area (Å²) in [5.74, 6) is 1.56. The number of ether oxygens (including phenoxy) is 1. The molecule has 0 fully saturated rings. The Hall–Kier alpha value is -1.85. The molecule has 20 heavy (non-hydrogen) atoms. The van der Waals surface area contributed by atoms with Crippen LogP contribution < -0.4 is 10.1 Å².